The monoisotopic (exact) mass is 397 g/mol. The number of aryl methyl sites for hydroxylation is 1. The number of fused-ring (bicyclic) bond motifs is 1. The number of rotatable bonds is 8. The van der Waals surface area contributed by atoms with Gasteiger partial charge in [-0.15, -0.1) is 0 Å². The van der Waals surface area contributed by atoms with Crippen LogP contribution in [0.2, 0.25) is 0 Å². The summed E-state index contributed by atoms with van der Waals surface area (Å²) < 4.78 is 6.64. The van der Waals surface area contributed by atoms with Crippen LogP contribution in [0.25, 0.3) is 11.0 Å². The van der Waals surface area contributed by atoms with Gasteiger partial charge in [0.15, 0.2) is 5.03 Å². The fraction of sp³-hybridized carbons (Fsp3) is 0.286. The molecule has 0 fully saturated rings. The molecule has 3 aromatic rings. The van der Waals surface area contributed by atoms with Crippen molar-refractivity contribution in [1.82, 2.24) is 14.9 Å². The van der Waals surface area contributed by atoms with Crippen molar-refractivity contribution < 1.29 is 9.53 Å². The molecular weight excluding hydrogens is 374 g/mol. The first kappa shape index (κ1) is 20.1. The Morgan fingerprint density at radius 1 is 1.18 bits per heavy atom. The highest BCUT2D eigenvalue weighted by Gasteiger charge is 2.13. The van der Waals surface area contributed by atoms with Crippen LogP contribution >= 0.6 is 11.8 Å². The van der Waals surface area contributed by atoms with E-state index in [0.717, 1.165) is 28.4 Å². The summed E-state index contributed by atoms with van der Waals surface area (Å²) in [4.78, 5) is 29.5. The summed E-state index contributed by atoms with van der Waals surface area (Å²) in [6.07, 6.45) is 0. The average Bonchev–Trinajstić information content (AvgIpc) is 2.70. The first-order chi connectivity index (χ1) is 13.6. The van der Waals surface area contributed by atoms with Gasteiger partial charge in [-0.3, -0.25) is 14.2 Å². The minimum atomic E-state index is -0.186. The van der Waals surface area contributed by atoms with E-state index in [4.69, 9.17) is 4.74 Å². The predicted octanol–water partition coefficient (Wildman–Crippen LogP) is 2.61. The summed E-state index contributed by atoms with van der Waals surface area (Å²) in [6.45, 7) is 3.38. The lowest BCUT2D eigenvalue weighted by atomic mass is 10.1. The quantitative estimate of drug-likeness (QED) is 0.467. The zero-order chi connectivity index (χ0) is 19.9. The van der Waals surface area contributed by atoms with Gasteiger partial charge in [0, 0.05) is 13.7 Å². The Balaban J connectivity index is 1.87. The highest BCUT2D eigenvalue weighted by molar-refractivity contribution is 7.99. The Bertz CT molecular complexity index is 1020. The smallest absolute Gasteiger partial charge is 0.283 e. The number of amides is 1. The summed E-state index contributed by atoms with van der Waals surface area (Å²) in [5, 5.41) is 3.08. The maximum atomic E-state index is 13.1. The summed E-state index contributed by atoms with van der Waals surface area (Å²) in [6, 6.07) is 15.7. The molecule has 0 atom stereocenters. The van der Waals surface area contributed by atoms with E-state index < -0.39 is 0 Å². The van der Waals surface area contributed by atoms with Gasteiger partial charge in [0.1, 0.15) is 0 Å². The molecule has 1 aromatic heterocycles. The van der Waals surface area contributed by atoms with Gasteiger partial charge in [-0.05, 0) is 24.6 Å². The molecule has 1 N–H and O–H groups in total. The molecule has 2 aromatic carbocycles. The van der Waals surface area contributed by atoms with Crippen LogP contribution in [0.15, 0.2) is 58.4 Å². The van der Waals surface area contributed by atoms with E-state index in [0.29, 0.717) is 24.7 Å². The molecule has 0 aliphatic heterocycles. The lowest BCUT2D eigenvalue weighted by Crippen LogP contribution is -2.29. The lowest BCUT2D eigenvalue weighted by molar-refractivity contribution is -0.118. The topological polar surface area (TPSA) is 73.2 Å². The summed E-state index contributed by atoms with van der Waals surface area (Å²) in [5.74, 6) is -0.0176. The van der Waals surface area contributed by atoms with E-state index in [1.165, 1.54) is 5.56 Å². The molecule has 1 heterocycles. The molecule has 0 spiro atoms. The number of hydrogen-bond acceptors (Lipinski definition) is 5. The number of para-hydroxylation sites is 2. The summed E-state index contributed by atoms with van der Waals surface area (Å²) in [5.41, 5.74) is 3.54. The number of aromatic nitrogens is 2. The van der Waals surface area contributed by atoms with Crippen LogP contribution in [0.3, 0.4) is 0 Å². The van der Waals surface area contributed by atoms with Gasteiger partial charge in [0.25, 0.3) is 5.56 Å². The van der Waals surface area contributed by atoms with Crippen molar-refractivity contribution in [1.29, 1.82) is 0 Å². The maximum Gasteiger partial charge on any atom is 0.283 e. The molecule has 0 saturated heterocycles. The van der Waals surface area contributed by atoms with Crippen molar-refractivity contribution in [3.8, 4) is 0 Å². The van der Waals surface area contributed by atoms with Crippen molar-refractivity contribution in [3.05, 3.63) is 70.0 Å². The second-order valence-corrected chi connectivity index (χ2v) is 7.38. The van der Waals surface area contributed by atoms with Crippen LogP contribution < -0.4 is 10.9 Å². The van der Waals surface area contributed by atoms with Crippen LogP contribution in [0.5, 0.6) is 0 Å². The largest absolute Gasteiger partial charge is 0.383 e. The van der Waals surface area contributed by atoms with Crippen molar-refractivity contribution in [2.75, 3.05) is 26.0 Å². The van der Waals surface area contributed by atoms with E-state index >= 15 is 0 Å². The van der Waals surface area contributed by atoms with Crippen molar-refractivity contribution in [2.24, 2.45) is 0 Å². The van der Waals surface area contributed by atoms with Gasteiger partial charge in [0.2, 0.25) is 5.91 Å². The number of thioether (sulfide) groups is 1. The van der Waals surface area contributed by atoms with Gasteiger partial charge in [-0.2, -0.15) is 0 Å². The molecule has 7 heteroatoms. The van der Waals surface area contributed by atoms with Gasteiger partial charge in [-0.1, -0.05) is 53.7 Å². The standard InChI is InChI=1S/C21H23N3O3S/c1-15-7-9-16(10-8-15)13-24-18-6-4-3-5-17(18)23-20(21(24)26)28-14-19(25)22-11-12-27-2/h3-10H,11-14H2,1-2H3,(H,22,25). The number of carbonyl (C=O) groups is 1. The first-order valence-corrected chi connectivity index (χ1v) is 10.0. The molecule has 146 valence electrons. The number of carbonyl (C=O) groups excluding carboxylic acids is 1. The van der Waals surface area contributed by atoms with E-state index in [1.807, 2.05) is 55.5 Å². The molecule has 0 aliphatic carbocycles. The minimum absolute atomic E-state index is 0.134. The van der Waals surface area contributed by atoms with Crippen molar-refractivity contribution in [3.63, 3.8) is 0 Å². The molecule has 6 nitrogen and oxygen atoms in total. The zero-order valence-corrected chi connectivity index (χ0v) is 16.8. The van der Waals surface area contributed by atoms with E-state index in [1.54, 1.807) is 11.7 Å². The van der Waals surface area contributed by atoms with Crippen LogP contribution in [0.4, 0.5) is 0 Å². The second kappa shape index (κ2) is 9.52. The maximum absolute atomic E-state index is 13.1. The third kappa shape index (κ3) is 4.99. The number of nitrogens with zero attached hydrogens (tertiary/aromatic N) is 2. The van der Waals surface area contributed by atoms with E-state index in [9.17, 15) is 9.59 Å². The zero-order valence-electron chi connectivity index (χ0n) is 16.0. The van der Waals surface area contributed by atoms with Crippen LogP contribution in [-0.4, -0.2) is 41.5 Å². The van der Waals surface area contributed by atoms with Crippen molar-refractivity contribution >= 4 is 28.7 Å². The van der Waals surface area contributed by atoms with Gasteiger partial charge in [-0.25, -0.2) is 4.98 Å². The normalized spacial score (nSPS) is 10.9. The molecule has 28 heavy (non-hydrogen) atoms. The van der Waals surface area contributed by atoms with Gasteiger partial charge in [0.05, 0.1) is 29.9 Å². The molecule has 1 amide bonds. The third-order valence-electron chi connectivity index (χ3n) is 4.25. The predicted molar refractivity (Wildman–Crippen MR) is 112 cm³/mol. The van der Waals surface area contributed by atoms with E-state index in [2.05, 4.69) is 10.3 Å². The molecule has 0 radical (unpaired) electrons. The Kier molecular flexibility index (Phi) is 6.84. The van der Waals surface area contributed by atoms with E-state index in [-0.39, 0.29) is 17.2 Å². The number of nitrogens with one attached hydrogen (secondary N) is 1. The number of ether oxygens (including phenoxy) is 1. The van der Waals surface area contributed by atoms with Gasteiger partial charge >= 0.3 is 0 Å². The van der Waals surface area contributed by atoms with Gasteiger partial charge < -0.3 is 10.1 Å². The number of benzene rings is 2. The van der Waals surface area contributed by atoms with Crippen molar-refractivity contribution in [2.45, 2.75) is 18.5 Å². The third-order valence-corrected chi connectivity index (χ3v) is 5.20. The molecule has 3 rings (SSSR count). The Morgan fingerprint density at radius 3 is 2.68 bits per heavy atom. The SMILES string of the molecule is COCCNC(=O)CSc1nc2ccccc2n(Cc2ccc(C)cc2)c1=O. The highest BCUT2D eigenvalue weighted by atomic mass is 32.2. The summed E-state index contributed by atoms with van der Waals surface area (Å²) >= 11 is 1.16. The van der Waals surface area contributed by atoms with Crippen LogP contribution in [0, 0.1) is 6.92 Å². The number of hydrogen-bond donors (Lipinski definition) is 1. The Morgan fingerprint density at radius 2 is 1.93 bits per heavy atom. The lowest BCUT2D eigenvalue weighted by Gasteiger charge is -2.12. The fourth-order valence-corrected chi connectivity index (χ4v) is 3.54. The molecular formula is C21H23N3O3S. The fourth-order valence-electron chi connectivity index (χ4n) is 2.77. The van der Waals surface area contributed by atoms with Crippen LogP contribution in [-0.2, 0) is 16.1 Å². The first-order valence-electron chi connectivity index (χ1n) is 9.02. The molecule has 0 saturated carbocycles. The highest BCUT2D eigenvalue weighted by Crippen LogP contribution is 2.17. The van der Waals surface area contributed by atoms with Crippen LogP contribution in [0.1, 0.15) is 11.1 Å². The second-order valence-electron chi connectivity index (χ2n) is 6.41. The molecule has 0 unspecified atom stereocenters. The number of methoxy groups -OCH3 is 1. The molecule has 0 aliphatic rings. The average molecular weight is 398 g/mol. The minimum Gasteiger partial charge on any atom is -0.383 e. The summed E-state index contributed by atoms with van der Waals surface area (Å²) in [7, 11) is 1.58. The Hall–Kier alpha value is -2.64. The molecule has 0 bridgehead atoms. The Labute approximate surface area is 167 Å².